The quantitative estimate of drug-likeness (QED) is 0.928. The van der Waals surface area contributed by atoms with E-state index in [2.05, 4.69) is 23.6 Å². The van der Waals surface area contributed by atoms with Gasteiger partial charge in [0, 0.05) is 31.2 Å². The number of fused-ring (bicyclic) bond motifs is 1. The van der Waals surface area contributed by atoms with Crippen molar-refractivity contribution >= 4 is 0 Å². The van der Waals surface area contributed by atoms with E-state index in [4.69, 9.17) is 5.73 Å². The average molecular weight is 291 g/mol. The number of halogens is 1. The maximum atomic E-state index is 13.2. The summed E-state index contributed by atoms with van der Waals surface area (Å²) in [7, 11) is 0. The summed E-state index contributed by atoms with van der Waals surface area (Å²) in [6.07, 6.45) is 2.60. The SMILES string of the molecule is CC(N)C(c1ccc(F)cc1)N1CC2CCCN2CC1C. The zero-order valence-corrected chi connectivity index (χ0v) is 13.0. The zero-order chi connectivity index (χ0) is 15.0. The van der Waals surface area contributed by atoms with Gasteiger partial charge in [0.25, 0.3) is 0 Å². The summed E-state index contributed by atoms with van der Waals surface area (Å²) in [5.74, 6) is -0.184. The summed E-state index contributed by atoms with van der Waals surface area (Å²) in [5, 5.41) is 0. The standard InChI is InChI=1S/C17H26FN3/c1-12-10-20-9-3-4-16(20)11-21(12)17(13(2)19)14-5-7-15(18)8-6-14/h5-8,12-13,16-17H,3-4,9-11,19H2,1-2H3. The summed E-state index contributed by atoms with van der Waals surface area (Å²) in [4.78, 5) is 5.15. The largest absolute Gasteiger partial charge is 0.326 e. The monoisotopic (exact) mass is 291 g/mol. The molecule has 1 aromatic carbocycles. The molecule has 3 rings (SSSR count). The van der Waals surface area contributed by atoms with Gasteiger partial charge in [-0.25, -0.2) is 4.39 Å². The zero-order valence-electron chi connectivity index (χ0n) is 13.0. The molecule has 21 heavy (non-hydrogen) atoms. The molecular weight excluding hydrogens is 265 g/mol. The second kappa shape index (κ2) is 6.03. The average Bonchev–Trinajstić information content (AvgIpc) is 2.88. The highest BCUT2D eigenvalue weighted by Gasteiger charge is 2.38. The lowest BCUT2D eigenvalue weighted by Crippen LogP contribution is -2.57. The number of nitrogens with zero attached hydrogens (tertiary/aromatic N) is 2. The molecule has 2 saturated heterocycles. The van der Waals surface area contributed by atoms with Gasteiger partial charge in [-0.1, -0.05) is 12.1 Å². The molecule has 0 aliphatic carbocycles. The third-order valence-electron chi connectivity index (χ3n) is 5.05. The number of piperazine rings is 1. The van der Waals surface area contributed by atoms with Crippen molar-refractivity contribution < 1.29 is 4.39 Å². The van der Waals surface area contributed by atoms with E-state index in [1.807, 2.05) is 12.1 Å². The van der Waals surface area contributed by atoms with E-state index in [9.17, 15) is 4.39 Å². The summed E-state index contributed by atoms with van der Waals surface area (Å²) in [6.45, 7) is 7.78. The summed E-state index contributed by atoms with van der Waals surface area (Å²) < 4.78 is 13.2. The van der Waals surface area contributed by atoms with Crippen LogP contribution in [-0.4, -0.2) is 47.6 Å². The molecule has 4 atom stereocenters. The fraction of sp³-hybridized carbons (Fsp3) is 0.647. The van der Waals surface area contributed by atoms with Gasteiger partial charge in [0.15, 0.2) is 0 Å². The fourth-order valence-corrected chi connectivity index (χ4v) is 4.05. The van der Waals surface area contributed by atoms with Crippen molar-refractivity contribution in [1.29, 1.82) is 0 Å². The Morgan fingerprint density at radius 3 is 2.62 bits per heavy atom. The van der Waals surface area contributed by atoms with Gasteiger partial charge < -0.3 is 5.73 Å². The van der Waals surface area contributed by atoms with Crippen LogP contribution in [0.4, 0.5) is 4.39 Å². The molecular formula is C17H26FN3. The molecule has 2 heterocycles. The smallest absolute Gasteiger partial charge is 0.123 e. The Hall–Kier alpha value is -0.970. The van der Waals surface area contributed by atoms with E-state index in [0.717, 1.165) is 18.7 Å². The van der Waals surface area contributed by atoms with E-state index in [-0.39, 0.29) is 17.9 Å². The second-order valence-corrected chi connectivity index (χ2v) is 6.69. The van der Waals surface area contributed by atoms with Gasteiger partial charge in [-0.05, 0) is 50.9 Å². The second-order valence-electron chi connectivity index (χ2n) is 6.69. The van der Waals surface area contributed by atoms with E-state index in [1.165, 1.54) is 19.4 Å². The summed E-state index contributed by atoms with van der Waals surface area (Å²) in [6, 6.07) is 8.22. The molecule has 0 aromatic heterocycles. The van der Waals surface area contributed by atoms with E-state index < -0.39 is 0 Å². The van der Waals surface area contributed by atoms with Gasteiger partial charge in [-0.2, -0.15) is 0 Å². The third-order valence-corrected chi connectivity index (χ3v) is 5.05. The molecule has 4 unspecified atom stereocenters. The Balaban J connectivity index is 1.84. The lowest BCUT2D eigenvalue weighted by Gasteiger charge is -2.47. The molecule has 0 spiro atoms. The van der Waals surface area contributed by atoms with Crippen molar-refractivity contribution in [3.63, 3.8) is 0 Å². The fourth-order valence-electron chi connectivity index (χ4n) is 4.05. The lowest BCUT2D eigenvalue weighted by atomic mass is 9.95. The van der Waals surface area contributed by atoms with E-state index in [1.54, 1.807) is 12.1 Å². The molecule has 0 bridgehead atoms. The van der Waals surface area contributed by atoms with Crippen LogP contribution < -0.4 is 5.73 Å². The van der Waals surface area contributed by atoms with Crippen LogP contribution in [0.25, 0.3) is 0 Å². The normalized spacial score (nSPS) is 30.1. The first-order valence-electron chi connectivity index (χ1n) is 8.07. The third kappa shape index (κ3) is 2.98. The summed E-state index contributed by atoms with van der Waals surface area (Å²) >= 11 is 0. The Morgan fingerprint density at radius 2 is 1.95 bits per heavy atom. The highest BCUT2D eigenvalue weighted by atomic mass is 19.1. The minimum absolute atomic E-state index is 0.0332. The number of hydrogen-bond acceptors (Lipinski definition) is 3. The number of nitrogens with two attached hydrogens (primary N) is 1. The minimum Gasteiger partial charge on any atom is -0.326 e. The van der Waals surface area contributed by atoms with Gasteiger partial charge >= 0.3 is 0 Å². The predicted octanol–water partition coefficient (Wildman–Crippen LogP) is 2.38. The van der Waals surface area contributed by atoms with Crippen LogP contribution in [0.1, 0.15) is 38.3 Å². The van der Waals surface area contributed by atoms with Crippen molar-refractivity contribution in [2.24, 2.45) is 5.73 Å². The maximum Gasteiger partial charge on any atom is 0.123 e. The number of hydrogen-bond donors (Lipinski definition) is 1. The van der Waals surface area contributed by atoms with Gasteiger partial charge in [-0.3, -0.25) is 9.80 Å². The van der Waals surface area contributed by atoms with Crippen LogP contribution in [0.15, 0.2) is 24.3 Å². The van der Waals surface area contributed by atoms with Crippen molar-refractivity contribution in [3.05, 3.63) is 35.6 Å². The van der Waals surface area contributed by atoms with Crippen LogP contribution in [0, 0.1) is 5.82 Å². The van der Waals surface area contributed by atoms with Gasteiger partial charge in [0.05, 0.1) is 6.04 Å². The Kier molecular flexibility index (Phi) is 4.29. The molecule has 2 N–H and O–H groups in total. The first-order chi connectivity index (χ1) is 10.1. The molecule has 3 nitrogen and oxygen atoms in total. The molecule has 0 amide bonds. The molecule has 2 aliphatic rings. The molecule has 0 saturated carbocycles. The van der Waals surface area contributed by atoms with Crippen molar-refractivity contribution in [1.82, 2.24) is 9.80 Å². The Labute approximate surface area is 126 Å². The van der Waals surface area contributed by atoms with Crippen LogP contribution >= 0.6 is 0 Å². The van der Waals surface area contributed by atoms with Gasteiger partial charge in [0.1, 0.15) is 5.82 Å². The van der Waals surface area contributed by atoms with Crippen molar-refractivity contribution in [2.75, 3.05) is 19.6 Å². The molecule has 116 valence electrons. The molecule has 0 radical (unpaired) electrons. The molecule has 2 fully saturated rings. The highest BCUT2D eigenvalue weighted by Crippen LogP contribution is 2.32. The van der Waals surface area contributed by atoms with Crippen molar-refractivity contribution in [2.45, 2.75) is 50.9 Å². The molecule has 4 heteroatoms. The first kappa shape index (κ1) is 14.9. The number of benzene rings is 1. The first-order valence-corrected chi connectivity index (χ1v) is 8.07. The van der Waals surface area contributed by atoms with Crippen LogP contribution in [0.5, 0.6) is 0 Å². The molecule has 1 aromatic rings. The van der Waals surface area contributed by atoms with Gasteiger partial charge in [-0.15, -0.1) is 0 Å². The van der Waals surface area contributed by atoms with Crippen LogP contribution in [0.3, 0.4) is 0 Å². The van der Waals surface area contributed by atoms with E-state index in [0.29, 0.717) is 12.1 Å². The summed E-state index contributed by atoms with van der Waals surface area (Å²) in [5.41, 5.74) is 7.42. The van der Waals surface area contributed by atoms with Gasteiger partial charge in [0.2, 0.25) is 0 Å². The van der Waals surface area contributed by atoms with Crippen molar-refractivity contribution in [3.8, 4) is 0 Å². The Bertz CT molecular complexity index is 473. The van der Waals surface area contributed by atoms with E-state index >= 15 is 0 Å². The predicted molar refractivity (Wildman–Crippen MR) is 83.6 cm³/mol. The highest BCUT2D eigenvalue weighted by molar-refractivity contribution is 5.22. The maximum absolute atomic E-state index is 13.2. The number of rotatable bonds is 3. The Morgan fingerprint density at radius 1 is 1.24 bits per heavy atom. The lowest BCUT2D eigenvalue weighted by molar-refractivity contribution is 0.0206. The van der Waals surface area contributed by atoms with Crippen LogP contribution in [-0.2, 0) is 0 Å². The molecule has 2 aliphatic heterocycles. The minimum atomic E-state index is -0.184. The van der Waals surface area contributed by atoms with Crippen LogP contribution in [0.2, 0.25) is 0 Å². The topological polar surface area (TPSA) is 32.5 Å².